The fraction of sp³-hybridized carbons (Fsp3) is 0.500. The minimum atomic E-state index is -0.181. The summed E-state index contributed by atoms with van der Waals surface area (Å²) in [5.74, 6) is 0.274. The highest BCUT2D eigenvalue weighted by Gasteiger charge is 2.35. The van der Waals surface area contributed by atoms with Gasteiger partial charge in [0.1, 0.15) is 5.84 Å². The zero-order chi connectivity index (χ0) is 27.6. The van der Waals surface area contributed by atoms with Crippen molar-refractivity contribution in [3.05, 3.63) is 65.7 Å². The van der Waals surface area contributed by atoms with Crippen LogP contribution in [0.5, 0.6) is 0 Å². The maximum absolute atomic E-state index is 12.7. The molecule has 2 heterocycles. The van der Waals surface area contributed by atoms with Crippen molar-refractivity contribution in [3.8, 4) is 0 Å². The number of rotatable bonds is 11. The first-order valence-corrected chi connectivity index (χ1v) is 14.0. The van der Waals surface area contributed by atoms with E-state index in [9.17, 15) is 9.59 Å². The van der Waals surface area contributed by atoms with Gasteiger partial charge in [0.2, 0.25) is 5.91 Å². The molecule has 0 saturated carbocycles. The second kappa shape index (κ2) is 14.1. The quantitative estimate of drug-likeness (QED) is 0.230. The SMILES string of the molecule is CCOC(=O)CN1CCC(N2CCN(c3ccc(C(=N)N)cc3)CC2)C(CCC(=O)NCc2ccccc2)C1. The smallest absolute Gasteiger partial charge is 0.320 e. The number of hydrogen-bond donors (Lipinski definition) is 3. The molecule has 2 saturated heterocycles. The van der Waals surface area contributed by atoms with Crippen molar-refractivity contribution in [2.24, 2.45) is 11.7 Å². The summed E-state index contributed by atoms with van der Waals surface area (Å²) in [6.07, 6.45) is 2.24. The molecule has 1 amide bonds. The number of carbonyl (C=O) groups is 2. The van der Waals surface area contributed by atoms with Crippen molar-refractivity contribution in [1.82, 2.24) is 15.1 Å². The number of nitrogens with zero attached hydrogens (tertiary/aromatic N) is 3. The first-order chi connectivity index (χ1) is 18.9. The molecule has 210 valence electrons. The molecule has 9 nitrogen and oxygen atoms in total. The summed E-state index contributed by atoms with van der Waals surface area (Å²) in [5.41, 5.74) is 8.58. The van der Waals surface area contributed by atoms with E-state index in [1.807, 2.05) is 61.5 Å². The summed E-state index contributed by atoms with van der Waals surface area (Å²) >= 11 is 0. The van der Waals surface area contributed by atoms with E-state index >= 15 is 0 Å². The van der Waals surface area contributed by atoms with Gasteiger partial charge in [-0.05, 0) is 55.5 Å². The van der Waals surface area contributed by atoms with E-state index in [0.29, 0.717) is 38.1 Å². The number of nitrogen functional groups attached to an aromatic ring is 1. The number of amides is 1. The number of hydrogen-bond acceptors (Lipinski definition) is 7. The Morgan fingerprint density at radius 2 is 1.74 bits per heavy atom. The highest BCUT2D eigenvalue weighted by molar-refractivity contribution is 5.95. The van der Waals surface area contributed by atoms with Crippen LogP contribution in [-0.2, 0) is 20.9 Å². The molecule has 0 radical (unpaired) electrons. The van der Waals surface area contributed by atoms with Gasteiger partial charge in [0.25, 0.3) is 0 Å². The molecule has 2 aromatic carbocycles. The molecule has 2 aliphatic rings. The molecule has 4 rings (SSSR count). The number of ether oxygens (including phenoxy) is 1. The van der Waals surface area contributed by atoms with Crippen molar-refractivity contribution >= 4 is 23.4 Å². The lowest BCUT2D eigenvalue weighted by Crippen LogP contribution is -2.57. The molecule has 4 N–H and O–H groups in total. The van der Waals surface area contributed by atoms with E-state index in [0.717, 1.165) is 68.9 Å². The van der Waals surface area contributed by atoms with Gasteiger partial charge in [-0.1, -0.05) is 30.3 Å². The third kappa shape index (κ3) is 8.28. The van der Waals surface area contributed by atoms with E-state index in [-0.39, 0.29) is 17.7 Å². The topological polar surface area (TPSA) is 115 Å². The van der Waals surface area contributed by atoms with Crippen LogP contribution >= 0.6 is 0 Å². The summed E-state index contributed by atoms with van der Waals surface area (Å²) < 4.78 is 5.19. The monoisotopic (exact) mass is 534 g/mol. The molecule has 2 aromatic rings. The first kappa shape index (κ1) is 28.6. The Hall–Kier alpha value is -3.43. The van der Waals surface area contributed by atoms with Gasteiger partial charge in [-0.15, -0.1) is 0 Å². The minimum Gasteiger partial charge on any atom is -0.465 e. The Bertz CT molecular complexity index is 1090. The van der Waals surface area contributed by atoms with E-state index in [1.54, 1.807) is 0 Å². The van der Waals surface area contributed by atoms with Crippen LogP contribution in [0.2, 0.25) is 0 Å². The second-order valence-corrected chi connectivity index (χ2v) is 10.4. The van der Waals surface area contributed by atoms with Gasteiger partial charge in [0.15, 0.2) is 0 Å². The molecular weight excluding hydrogens is 492 g/mol. The van der Waals surface area contributed by atoms with E-state index in [4.69, 9.17) is 15.9 Å². The molecule has 2 unspecified atom stereocenters. The third-order valence-corrected chi connectivity index (χ3v) is 7.84. The Morgan fingerprint density at radius 1 is 1.03 bits per heavy atom. The molecule has 0 aliphatic carbocycles. The van der Waals surface area contributed by atoms with Gasteiger partial charge in [0.05, 0.1) is 13.2 Å². The summed E-state index contributed by atoms with van der Waals surface area (Å²) in [4.78, 5) is 32.0. The summed E-state index contributed by atoms with van der Waals surface area (Å²) in [6.45, 7) is 8.47. The number of piperazine rings is 1. The van der Waals surface area contributed by atoms with Crippen molar-refractivity contribution in [2.45, 2.75) is 38.8 Å². The number of benzene rings is 2. The van der Waals surface area contributed by atoms with Crippen LogP contribution in [0.4, 0.5) is 5.69 Å². The number of esters is 1. The molecular formula is C30H42N6O3. The molecule has 0 spiro atoms. The summed E-state index contributed by atoms with van der Waals surface area (Å²) in [5, 5.41) is 10.7. The minimum absolute atomic E-state index is 0.0685. The zero-order valence-electron chi connectivity index (χ0n) is 23.0. The largest absolute Gasteiger partial charge is 0.465 e. The molecule has 39 heavy (non-hydrogen) atoms. The lowest BCUT2D eigenvalue weighted by molar-refractivity contribution is -0.145. The lowest BCUT2D eigenvalue weighted by atomic mass is 9.86. The fourth-order valence-electron chi connectivity index (χ4n) is 5.76. The van der Waals surface area contributed by atoms with Gasteiger partial charge < -0.3 is 20.7 Å². The summed E-state index contributed by atoms with van der Waals surface area (Å²) in [6, 6.07) is 18.2. The number of nitrogens with two attached hydrogens (primary N) is 1. The third-order valence-electron chi connectivity index (χ3n) is 7.84. The van der Waals surface area contributed by atoms with Crippen molar-refractivity contribution in [1.29, 1.82) is 5.41 Å². The van der Waals surface area contributed by atoms with Gasteiger partial charge in [-0.25, -0.2) is 0 Å². The predicted octanol–water partition coefficient (Wildman–Crippen LogP) is 2.44. The maximum Gasteiger partial charge on any atom is 0.320 e. The van der Waals surface area contributed by atoms with Crippen LogP contribution in [0.1, 0.15) is 37.3 Å². The van der Waals surface area contributed by atoms with Crippen LogP contribution in [0, 0.1) is 11.3 Å². The van der Waals surface area contributed by atoms with E-state index in [1.165, 1.54) is 0 Å². The summed E-state index contributed by atoms with van der Waals surface area (Å²) in [7, 11) is 0. The van der Waals surface area contributed by atoms with Gasteiger partial charge in [0, 0.05) is 69.5 Å². The molecule has 2 fully saturated rings. The fourth-order valence-corrected chi connectivity index (χ4v) is 5.76. The normalized spacial score (nSPS) is 20.4. The molecule has 0 bridgehead atoms. The van der Waals surface area contributed by atoms with Crippen LogP contribution in [0.3, 0.4) is 0 Å². The van der Waals surface area contributed by atoms with Gasteiger partial charge in [-0.2, -0.15) is 0 Å². The predicted molar refractivity (Wildman–Crippen MR) is 154 cm³/mol. The lowest BCUT2D eigenvalue weighted by Gasteiger charge is -2.47. The van der Waals surface area contributed by atoms with Crippen LogP contribution in [0.25, 0.3) is 0 Å². The van der Waals surface area contributed by atoms with Crippen molar-refractivity contribution in [2.75, 3.05) is 57.3 Å². The Balaban J connectivity index is 1.33. The zero-order valence-corrected chi connectivity index (χ0v) is 23.0. The molecule has 2 aliphatic heterocycles. The highest BCUT2D eigenvalue weighted by atomic mass is 16.5. The Kier molecular flexibility index (Phi) is 10.3. The standard InChI is InChI=1S/C30H42N6O3/c1-2-39-29(38)22-34-15-14-27(25(21-34)10-13-28(37)33-20-23-6-4-3-5-7-23)36-18-16-35(17-19-36)26-11-8-24(9-12-26)30(31)32/h3-9,11-12,25,27H,2,10,13-22H2,1H3,(H3,31,32)(H,33,37). The van der Waals surface area contributed by atoms with Crippen molar-refractivity contribution in [3.63, 3.8) is 0 Å². The first-order valence-electron chi connectivity index (χ1n) is 14.0. The number of anilines is 1. The Morgan fingerprint density at radius 3 is 2.41 bits per heavy atom. The van der Waals surface area contributed by atoms with Crippen LogP contribution in [-0.4, -0.2) is 86.0 Å². The number of likely N-dealkylation sites (tertiary alicyclic amines) is 1. The van der Waals surface area contributed by atoms with Gasteiger partial charge >= 0.3 is 5.97 Å². The van der Waals surface area contributed by atoms with Gasteiger partial charge in [-0.3, -0.25) is 24.8 Å². The van der Waals surface area contributed by atoms with Crippen LogP contribution < -0.4 is 16.0 Å². The number of carbonyl (C=O) groups excluding carboxylic acids is 2. The molecule has 9 heteroatoms. The van der Waals surface area contributed by atoms with Crippen molar-refractivity contribution < 1.29 is 14.3 Å². The Labute approximate surface area is 231 Å². The van der Waals surface area contributed by atoms with E-state index in [2.05, 4.69) is 20.0 Å². The number of piperidine rings is 1. The molecule has 2 atom stereocenters. The average Bonchev–Trinajstić information content (AvgIpc) is 2.96. The molecule has 0 aromatic heterocycles. The second-order valence-electron chi connectivity index (χ2n) is 10.4. The maximum atomic E-state index is 12.7. The number of nitrogens with one attached hydrogen (secondary N) is 2. The number of amidine groups is 1. The van der Waals surface area contributed by atoms with E-state index < -0.39 is 0 Å². The highest BCUT2D eigenvalue weighted by Crippen LogP contribution is 2.28. The average molecular weight is 535 g/mol. The van der Waals surface area contributed by atoms with Crippen LogP contribution in [0.15, 0.2) is 54.6 Å².